The molecule has 0 saturated heterocycles. The van der Waals surface area contributed by atoms with Crippen molar-refractivity contribution in [2.24, 2.45) is 0 Å². The molecule has 2 aromatic rings. The lowest BCUT2D eigenvalue weighted by Crippen LogP contribution is -2.34. The van der Waals surface area contributed by atoms with Crippen LogP contribution in [0.4, 0.5) is 5.69 Å². The highest BCUT2D eigenvalue weighted by atomic mass is 79.9. The molecule has 138 valence electrons. The Morgan fingerprint density at radius 3 is 2.69 bits per heavy atom. The molecule has 0 aliphatic heterocycles. The quantitative estimate of drug-likeness (QED) is 0.639. The van der Waals surface area contributed by atoms with Gasteiger partial charge in [0.25, 0.3) is 5.91 Å². The van der Waals surface area contributed by atoms with E-state index in [0.29, 0.717) is 15.8 Å². The van der Waals surface area contributed by atoms with Gasteiger partial charge in [-0.3, -0.25) is 10.1 Å². The number of thiocarbonyl (C=S) groups is 1. The number of ether oxygens (including phenoxy) is 2. The second-order valence-corrected chi connectivity index (χ2v) is 6.88. The van der Waals surface area contributed by atoms with Gasteiger partial charge in [0.2, 0.25) is 0 Å². The highest BCUT2D eigenvalue weighted by molar-refractivity contribution is 9.10. The maximum atomic E-state index is 12.3. The van der Waals surface area contributed by atoms with Gasteiger partial charge in [0.1, 0.15) is 11.5 Å². The van der Waals surface area contributed by atoms with Crippen molar-refractivity contribution < 1.29 is 14.3 Å². The first-order valence-electron chi connectivity index (χ1n) is 8.15. The molecule has 1 unspecified atom stereocenters. The van der Waals surface area contributed by atoms with Crippen LogP contribution in [0.15, 0.2) is 46.9 Å². The van der Waals surface area contributed by atoms with Crippen molar-refractivity contribution in [3.05, 3.63) is 52.5 Å². The van der Waals surface area contributed by atoms with Gasteiger partial charge in [0.15, 0.2) is 5.11 Å². The summed E-state index contributed by atoms with van der Waals surface area (Å²) in [5.74, 6) is 1.09. The van der Waals surface area contributed by atoms with Crippen LogP contribution in [0, 0.1) is 0 Å². The molecule has 0 fully saturated rings. The molecule has 0 radical (unpaired) electrons. The van der Waals surface area contributed by atoms with E-state index in [4.69, 9.17) is 21.7 Å². The van der Waals surface area contributed by atoms with Gasteiger partial charge in [0.05, 0.1) is 17.7 Å². The van der Waals surface area contributed by atoms with Crippen LogP contribution in [-0.2, 0) is 0 Å². The lowest BCUT2D eigenvalue weighted by atomic mass is 10.2. The number of amides is 1. The molecule has 0 aromatic heterocycles. The summed E-state index contributed by atoms with van der Waals surface area (Å²) >= 11 is 8.59. The summed E-state index contributed by atoms with van der Waals surface area (Å²) in [6.07, 6.45) is 1.05. The Labute approximate surface area is 167 Å². The zero-order valence-corrected chi connectivity index (χ0v) is 17.2. The Morgan fingerprint density at radius 2 is 2.04 bits per heavy atom. The van der Waals surface area contributed by atoms with Crippen molar-refractivity contribution in [3.8, 4) is 11.5 Å². The fraction of sp³-hybridized carbons (Fsp3) is 0.263. The molecule has 2 aromatic carbocycles. The highest BCUT2D eigenvalue weighted by Gasteiger charge is 2.11. The predicted molar refractivity (Wildman–Crippen MR) is 111 cm³/mol. The standard InChI is InChI=1S/C19H21BrN2O3S/c1-4-12(2)25-15-7-5-6-14(11-15)21-19(26)22-18(23)13-8-9-17(24-3)16(20)10-13/h5-12H,4H2,1-3H3,(H2,21,22,23,26). The zero-order valence-electron chi connectivity index (χ0n) is 14.8. The zero-order chi connectivity index (χ0) is 19.1. The fourth-order valence-electron chi connectivity index (χ4n) is 2.11. The Morgan fingerprint density at radius 1 is 1.27 bits per heavy atom. The van der Waals surface area contributed by atoms with E-state index in [2.05, 4.69) is 33.5 Å². The van der Waals surface area contributed by atoms with Crippen molar-refractivity contribution in [3.63, 3.8) is 0 Å². The third-order valence-electron chi connectivity index (χ3n) is 3.65. The number of methoxy groups -OCH3 is 1. The van der Waals surface area contributed by atoms with Crippen LogP contribution in [-0.4, -0.2) is 24.2 Å². The number of halogens is 1. The number of nitrogens with one attached hydrogen (secondary N) is 2. The number of benzene rings is 2. The molecule has 2 N–H and O–H groups in total. The SMILES string of the molecule is CCC(C)Oc1cccc(NC(=S)NC(=O)c2ccc(OC)c(Br)c2)c1. The number of hydrogen-bond acceptors (Lipinski definition) is 4. The van der Waals surface area contributed by atoms with Gasteiger partial charge < -0.3 is 14.8 Å². The fourth-order valence-corrected chi connectivity index (χ4v) is 2.86. The summed E-state index contributed by atoms with van der Waals surface area (Å²) in [7, 11) is 1.57. The van der Waals surface area contributed by atoms with E-state index in [1.807, 2.05) is 31.2 Å². The molecule has 7 heteroatoms. The van der Waals surface area contributed by atoms with E-state index < -0.39 is 0 Å². The van der Waals surface area contributed by atoms with E-state index in [-0.39, 0.29) is 17.1 Å². The Bertz CT molecular complexity index is 798. The first kappa shape index (κ1) is 20.2. The maximum Gasteiger partial charge on any atom is 0.257 e. The Hall–Kier alpha value is -2.12. The summed E-state index contributed by atoms with van der Waals surface area (Å²) in [4.78, 5) is 12.3. The van der Waals surface area contributed by atoms with Crippen molar-refractivity contribution in [1.82, 2.24) is 5.32 Å². The minimum Gasteiger partial charge on any atom is -0.496 e. The molecule has 2 rings (SSSR count). The molecule has 1 amide bonds. The van der Waals surface area contributed by atoms with Gasteiger partial charge in [-0.1, -0.05) is 13.0 Å². The van der Waals surface area contributed by atoms with Crippen LogP contribution >= 0.6 is 28.1 Å². The number of rotatable bonds is 6. The Balaban J connectivity index is 1.99. The summed E-state index contributed by atoms with van der Waals surface area (Å²) in [5, 5.41) is 5.86. The number of hydrogen-bond donors (Lipinski definition) is 2. The topological polar surface area (TPSA) is 59.6 Å². The second-order valence-electron chi connectivity index (χ2n) is 5.62. The average molecular weight is 437 g/mol. The van der Waals surface area contributed by atoms with Crippen molar-refractivity contribution >= 4 is 44.9 Å². The van der Waals surface area contributed by atoms with Gasteiger partial charge in [-0.25, -0.2) is 0 Å². The van der Waals surface area contributed by atoms with Gasteiger partial charge in [-0.05, 0) is 71.8 Å². The van der Waals surface area contributed by atoms with Crippen LogP contribution in [0.25, 0.3) is 0 Å². The predicted octanol–water partition coefficient (Wildman–Crippen LogP) is 4.76. The van der Waals surface area contributed by atoms with Gasteiger partial charge in [-0.15, -0.1) is 0 Å². The van der Waals surface area contributed by atoms with Crippen molar-refractivity contribution in [2.75, 3.05) is 12.4 Å². The Kier molecular flexibility index (Phi) is 7.41. The second kappa shape index (κ2) is 9.54. The first-order valence-corrected chi connectivity index (χ1v) is 9.35. The van der Waals surface area contributed by atoms with Crippen LogP contribution in [0.1, 0.15) is 30.6 Å². The third kappa shape index (κ3) is 5.71. The van der Waals surface area contributed by atoms with E-state index in [1.54, 1.807) is 25.3 Å². The van der Waals surface area contributed by atoms with Crippen molar-refractivity contribution in [2.45, 2.75) is 26.4 Å². The summed E-state index contributed by atoms with van der Waals surface area (Å²) in [5.41, 5.74) is 1.21. The van der Waals surface area contributed by atoms with Gasteiger partial charge >= 0.3 is 0 Å². The molecule has 0 bridgehead atoms. The molecule has 0 aliphatic rings. The van der Waals surface area contributed by atoms with E-state index in [0.717, 1.165) is 17.9 Å². The molecule has 0 saturated carbocycles. The molecule has 0 aliphatic carbocycles. The van der Waals surface area contributed by atoms with E-state index >= 15 is 0 Å². The number of carbonyl (C=O) groups excluding carboxylic acids is 1. The largest absolute Gasteiger partial charge is 0.496 e. The molecule has 1 atom stereocenters. The van der Waals surface area contributed by atoms with Crippen LogP contribution in [0.3, 0.4) is 0 Å². The molecule has 26 heavy (non-hydrogen) atoms. The lowest BCUT2D eigenvalue weighted by Gasteiger charge is -2.14. The smallest absolute Gasteiger partial charge is 0.257 e. The molecular formula is C19H21BrN2O3S. The normalized spacial score (nSPS) is 11.4. The average Bonchev–Trinajstić information content (AvgIpc) is 2.61. The minimum absolute atomic E-state index is 0.130. The highest BCUT2D eigenvalue weighted by Crippen LogP contribution is 2.25. The summed E-state index contributed by atoms with van der Waals surface area (Å²) in [6, 6.07) is 12.5. The summed E-state index contributed by atoms with van der Waals surface area (Å²) in [6.45, 7) is 4.08. The molecular weight excluding hydrogens is 416 g/mol. The van der Waals surface area contributed by atoms with Gasteiger partial charge in [0, 0.05) is 17.3 Å². The number of carbonyl (C=O) groups is 1. The third-order valence-corrected chi connectivity index (χ3v) is 4.47. The number of anilines is 1. The first-order chi connectivity index (χ1) is 12.4. The van der Waals surface area contributed by atoms with E-state index in [9.17, 15) is 4.79 Å². The van der Waals surface area contributed by atoms with Crippen LogP contribution in [0.5, 0.6) is 11.5 Å². The molecule has 0 spiro atoms. The van der Waals surface area contributed by atoms with Gasteiger partial charge in [-0.2, -0.15) is 0 Å². The van der Waals surface area contributed by atoms with Crippen molar-refractivity contribution in [1.29, 1.82) is 0 Å². The maximum absolute atomic E-state index is 12.3. The van der Waals surface area contributed by atoms with E-state index in [1.165, 1.54) is 0 Å². The monoisotopic (exact) mass is 436 g/mol. The lowest BCUT2D eigenvalue weighted by molar-refractivity contribution is 0.0977. The molecule has 5 nitrogen and oxygen atoms in total. The molecule has 0 heterocycles. The van der Waals surface area contributed by atoms with Crippen LogP contribution in [0.2, 0.25) is 0 Å². The summed E-state index contributed by atoms with van der Waals surface area (Å²) < 4.78 is 11.6. The minimum atomic E-state index is -0.308. The van der Waals surface area contributed by atoms with Crippen LogP contribution < -0.4 is 20.1 Å².